The fourth-order valence-corrected chi connectivity index (χ4v) is 1.90. The van der Waals surface area contributed by atoms with Gasteiger partial charge in [-0.15, -0.1) is 0 Å². The molecule has 112 valence electrons. The van der Waals surface area contributed by atoms with Crippen molar-refractivity contribution in [1.29, 1.82) is 0 Å². The minimum absolute atomic E-state index is 0.137. The first-order valence-corrected chi connectivity index (χ1v) is 6.53. The van der Waals surface area contributed by atoms with Gasteiger partial charge >= 0.3 is 5.69 Å². The summed E-state index contributed by atoms with van der Waals surface area (Å²) >= 11 is 0. The number of hydrogen-bond acceptors (Lipinski definition) is 7. The van der Waals surface area contributed by atoms with Gasteiger partial charge in [-0.1, -0.05) is 0 Å². The van der Waals surface area contributed by atoms with Crippen molar-refractivity contribution in [2.75, 3.05) is 23.8 Å². The van der Waals surface area contributed by atoms with E-state index in [1.807, 2.05) is 26.0 Å². The van der Waals surface area contributed by atoms with E-state index in [1.165, 1.54) is 6.20 Å². The summed E-state index contributed by atoms with van der Waals surface area (Å²) < 4.78 is 5.48. The van der Waals surface area contributed by atoms with Gasteiger partial charge in [0, 0.05) is 13.6 Å². The zero-order chi connectivity index (χ0) is 15.4. The van der Waals surface area contributed by atoms with Gasteiger partial charge in [-0.2, -0.15) is 4.98 Å². The molecule has 0 aliphatic rings. The number of nitrogens with one attached hydrogen (secondary N) is 1. The zero-order valence-electron chi connectivity index (χ0n) is 12.2. The quantitative estimate of drug-likeness (QED) is 0.644. The lowest BCUT2D eigenvalue weighted by molar-refractivity contribution is -0.384. The number of nitro groups is 1. The van der Waals surface area contributed by atoms with Crippen LogP contribution in [0.4, 0.5) is 17.5 Å². The van der Waals surface area contributed by atoms with Gasteiger partial charge in [0.05, 0.1) is 11.5 Å². The maximum Gasteiger partial charge on any atom is 0.329 e. The van der Waals surface area contributed by atoms with Crippen LogP contribution in [0.5, 0.6) is 0 Å². The van der Waals surface area contributed by atoms with E-state index in [1.54, 1.807) is 11.9 Å². The molecular formula is C13H17N5O3. The molecule has 0 bridgehead atoms. The molecule has 0 aliphatic carbocycles. The Kier molecular flexibility index (Phi) is 4.36. The van der Waals surface area contributed by atoms with Gasteiger partial charge in [0.15, 0.2) is 0 Å². The lowest BCUT2D eigenvalue weighted by atomic mass is 10.3. The van der Waals surface area contributed by atoms with Gasteiger partial charge in [0.2, 0.25) is 11.8 Å². The van der Waals surface area contributed by atoms with Crippen molar-refractivity contribution in [3.05, 3.63) is 40.0 Å². The molecule has 8 heteroatoms. The summed E-state index contributed by atoms with van der Waals surface area (Å²) in [6, 6.07) is 3.69. The first-order chi connectivity index (χ1) is 10.0. The summed E-state index contributed by atoms with van der Waals surface area (Å²) in [5.74, 6) is 2.12. The summed E-state index contributed by atoms with van der Waals surface area (Å²) in [6.45, 7) is 4.77. The monoisotopic (exact) mass is 291 g/mol. The van der Waals surface area contributed by atoms with Crippen molar-refractivity contribution in [3.8, 4) is 0 Å². The molecule has 0 aliphatic heterocycles. The smallest absolute Gasteiger partial charge is 0.329 e. The maximum atomic E-state index is 11.1. The molecule has 0 saturated carbocycles. The Bertz CT molecular complexity index is 640. The number of anilines is 2. The minimum atomic E-state index is -0.491. The van der Waals surface area contributed by atoms with Crippen LogP contribution in [0.15, 0.2) is 22.7 Å². The minimum Gasteiger partial charge on any atom is -0.464 e. The van der Waals surface area contributed by atoms with Gasteiger partial charge in [-0.3, -0.25) is 10.1 Å². The van der Waals surface area contributed by atoms with Crippen molar-refractivity contribution in [1.82, 2.24) is 9.97 Å². The van der Waals surface area contributed by atoms with E-state index in [-0.39, 0.29) is 11.5 Å². The van der Waals surface area contributed by atoms with Gasteiger partial charge in [0.25, 0.3) is 0 Å². The number of aryl methyl sites for hydroxylation is 1. The van der Waals surface area contributed by atoms with Crippen LogP contribution in [0.3, 0.4) is 0 Å². The fraction of sp³-hybridized carbons (Fsp3) is 0.385. The molecule has 0 radical (unpaired) electrons. The molecule has 0 fully saturated rings. The molecule has 1 N–H and O–H groups in total. The average Bonchev–Trinajstić information content (AvgIpc) is 2.84. The molecule has 2 heterocycles. The summed E-state index contributed by atoms with van der Waals surface area (Å²) in [4.78, 5) is 20.4. The van der Waals surface area contributed by atoms with Crippen molar-refractivity contribution in [2.45, 2.75) is 20.4 Å². The summed E-state index contributed by atoms with van der Waals surface area (Å²) in [7, 11) is 1.73. The van der Waals surface area contributed by atoms with Crippen LogP contribution in [0, 0.1) is 17.0 Å². The maximum absolute atomic E-state index is 11.1. The second kappa shape index (κ2) is 6.21. The molecule has 21 heavy (non-hydrogen) atoms. The SMILES string of the molecule is CCNc1ncc([N+](=O)[O-])c(N(C)Cc2ccc(C)o2)n1. The second-order valence-electron chi connectivity index (χ2n) is 4.56. The molecule has 0 amide bonds. The van der Waals surface area contributed by atoms with Crippen molar-refractivity contribution >= 4 is 17.5 Å². The molecule has 0 atom stereocenters. The molecule has 2 aromatic heterocycles. The van der Waals surface area contributed by atoms with E-state index < -0.39 is 4.92 Å². The van der Waals surface area contributed by atoms with Crippen LogP contribution in [-0.2, 0) is 6.54 Å². The highest BCUT2D eigenvalue weighted by Crippen LogP contribution is 2.26. The Labute approximate surface area is 122 Å². The van der Waals surface area contributed by atoms with Gasteiger partial charge in [0.1, 0.15) is 17.7 Å². The van der Waals surface area contributed by atoms with E-state index in [0.717, 1.165) is 5.76 Å². The van der Waals surface area contributed by atoms with Crippen LogP contribution in [0.1, 0.15) is 18.4 Å². The molecule has 0 aromatic carbocycles. The Balaban J connectivity index is 2.30. The predicted octanol–water partition coefficient (Wildman–Crippen LogP) is 2.35. The second-order valence-corrected chi connectivity index (χ2v) is 4.56. The van der Waals surface area contributed by atoms with E-state index >= 15 is 0 Å². The predicted molar refractivity (Wildman–Crippen MR) is 78.4 cm³/mol. The Morgan fingerprint density at radius 1 is 1.48 bits per heavy atom. The number of furan rings is 1. The fourth-order valence-electron chi connectivity index (χ4n) is 1.90. The summed E-state index contributed by atoms with van der Waals surface area (Å²) in [5.41, 5.74) is -0.137. The van der Waals surface area contributed by atoms with Crippen molar-refractivity contribution in [2.24, 2.45) is 0 Å². The van der Waals surface area contributed by atoms with Crippen LogP contribution in [0.2, 0.25) is 0 Å². The van der Waals surface area contributed by atoms with E-state index in [0.29, 0.717) is 24.8 Å². The first-order valence-electron chi connectivity index (χ1n) is 6.53. The molecule has 2 aromatic rings. The van der Waals surface area contributed by atoms with E-state index in [2.05, 4.69) is 15.3 Å². The Hall–Kier alpha value is -2.64. The third kappa shape index (κ3) is 3.47. The number of nitrogens with zero attached hydrogens (tertiary/aromatic N) is 4. The number of aromatic nitrogens is 2. The van der Waals surface area contributed by atoms with Crippen LogP contribution in [-0.4, -0.2) is 28.5 Å². The molecule has 0 spiro atoms. The van der Waals surface area contributed by atoms with Gasteiger partial charge in [-0.05, 0) is 26.0 Å². The van der Waals surface area contributed by atoms with Crippen molar-refractivity contribution in [3.63, 3.8) is 0 Å². The number of rotatable bonds is 6. The van der Waals surface area contributed by atoms with Gasteiger partial charge in [-0.25, -0.2) is 4.98 Å². The summed E-state index contributed by atoms with van der Waals surface area (Å²) in [5, 5.41) is 14.0. The Morgan fingerprint density at radius 2 is 2.24 bits per heavy atom. The van der Waals surface area contributed by atoms with E-state index in [4.69, 9.17) is 4.42 Å². The van der Waals surface area contributed by atoms with Gasteiger partial charge < -0.3 is 14.6 Å². The topological polar surface area (TPSA) is 97.3 Å². The summed E-state index contributed by atoms with van der Waals surface area (Å²) in [6.07, 6.45) is 1.21. The van der Waals surface area contributed by atoms with Crippen LogP contribution in [0.25, 0.3) is 0 Å². The zero-order valence-corrected chi connectivity index (χ0v) is 12.2. The lowest BCUT2D eigenvalue weighted by Gasteiger charge is -2.17. The Morgan fingerprint density at radius 3 is 2.81 bits per heavy atom. The molecular weight excluding hydrogens is 274 g/mol. The highest BCUT2D eigenvalue weighted by Gasteiger charge is 2.21. The highest BCUT2D eigenvalue weighted by atomic mass is 16.6. The van der Waals surface area contributed by atoms with Crippen molar-refractivity contribution < 1.29 is 9.34 Å². The van der Waals surface area contributed by atoms with Crippen LogP contribution < -0.4 is 10.2 Å². The molecule has 8 nitrogen and oxygen atoms in total. The molecule has 0 saturated heterocycles. The normalized spacial score (nSPS) is 10.4. The third-order valence-electron chi connectivity index (χ3n) is 2.83. The highest BCUT2D eigenvalue weighted by molar-refractivity contribution is 5.58. The lowest BCUT2D eigenvalue weighted by Crippen LogP contribution is -2.20. The largest absolute Gasteiger partial charge is 0.464 e. The van der Waals surface area contributed by atoms with E-state index in [9.17, 15) is 10.1 Å². The average molecular weight is 291 g/mol. The molecule has 2 rings (SSSR count). The number of hydrogen-bond donors (Lipinski definition) is 1. The third-order valence-corrected chi connectivity index (χ3v) is 2.83. The standard InChI is InChI=1S/C13H17N5O3/c1-4-14-13-15-7-11(18(19)20)12(16-13)17(3)8-10-6-5-9(2)21-10/h5-7H,4,8H2,1-3H3,(H,14,15,16). The van der Waals surface area contributed by atoms with Crippen LogP contribution >= 0.6 is 0 Å². The first kappa shape index (κ1) is 14.8. The molecule has 0 unspecified atom stereocenters.